The molecule has 1 heterocycles. The molecular formula is C21H23F3N2O4S. The quantitative estimate of drug-likeness (QED) is 0.695. The van der Waals surface area contributed by atoms with E-state index in [-0.39, 0.29) is 42.2 Å². The van der Waals surface area contributed by atoms with Crippen molar-refractivity contribution in [3.8, 4) is 5.75 Å². The first-order valence-corrected chi connectivity index (χ1v) is 11.2. The van der Waals surface area contributed by atoms with Gasteiger partial charge in [-0.25, -0.2) is 21.6 Å². The number of sulfonamides is 1. The van der Waals surface area contributed by atoms with E-state index in [1.54, 1.807) is 6.92 Å². The van der Waals surface area contributed by atoms with Gasteiger partial charge in [-0.3, -0.25) is 4.79 Å². The summed E-state index contributed by atoms with van der Waals surface area (Å²) in [4.78, 5) is 12.5. The molecule has 1 amide bonds. The minimum atomic E-state index is -3.74. The highest BCUT2D eigenvalue weighted by Gasteiger charge is 2.32. The van der Waals surface area contributed by atoms with Crippen LogP contribution in [0.15, 0.2) is 47.4 Å². The van der Waals surface area contributed by atoms with Crippen LogP contribution in [0.4, 0.5) is 13.2 Å². The molecule has 2 aromatic rings. The number of ether oxygens (including phenoxy) is 1. The molecule has 1 aliphatic heterocycles. The zero-order chi connectivity index (χ0) is 22.6. The second kappa shape index (κ2) is 9.69. The number of halogens is 3. The van der Waals surface area contributed by atoms with Crippen molar-refractivity contribution >= 4 is 15.9 Å². The highest BCUT2D eigenvalue weighted by molar-refractivity contribution is 7.89. The van der Waals surface area contributed by atoms with Crippen molar-refractivity contribution in [2.24, 2.45) is 5.92 Å². The van der Waals surface area contributed by atoms with E-state index in [0.717, 1.165) is 18.2 Å². The zero-order valence-electron chi connectivity index (χ0n) is 16.9. The van der Waals surface area contributed by atoms with Gasteiger partial charge in [0.2, 0.25) is 15.9 Å². The number of amides is 1. The van der Waals surface area contributed by atoms with E-state index in [0.29, 0.717) is 18.9 Å². The summed E-state index contributed by atoms with van der Waals surface area (Å²) in [5.74, 6) is -2.78. The lowest BCUT2D eigenvalue weighted by atomic mass is 9.97. The van der Waals surface area contributed by atoms with E-state index < -0.39 is 33.5 Å². The van der Waals surface area contributed by atoms with Crippen LogP contribution in [0.5, 0.6) is 5.75 Å². The zero-order valence-corrected chi connectivity index (χ0v) is 17.7. The van der Waals surface area contributed by atoms with Crippen molar-refractivity contribution in [1.29, 1.82) is 0 Å². The monoisotopic (exact) mass is 456 g/mol. The molecule has 1 N–H and O–H groups in total. The van der Waals surface area contributed by atoms with Gasteiger partial charge in [-0.2, -0.15) is 4.31 Å². The maximum atomic E-state index is 13.6. The van der Waals surface area contributed by atoms with Gasteiger partial charge in [-0.1, -0.05) is 0 Å². The summed E-state index contributed by atoms with van der Waals surface area (Å²) in [6.07, 6.45) is 0.679. The molecule has 31 heavy (non-hydrogen) atoms. The maximum absolute atomic E-state index is 13.6. The first-order valence-electron chi connectivity index (χ1n) is 9.81. The highest BCUT2D eigenvalue weighted by Crippen LogP contribution is 2.24. The van der Waals surface area contributed by atoms with Gasteiger partial charge in [0.15, 0.2) is 11.6 Å². The number of carbonyl (C=O) groups excluding carboxylic acids is 1. The van der Waals surface area contributed by atoms with E-state index in [4.69, 9.17) is 4.74 Å². The summed E-state index contributed by atoms with van der Waals surface area (Å²) >= 11 is 0. The molecule has 2 aromatic carbocycles. The molecule has 3 rings (SSSR count). The standard InChI is InChI=1S/C21H23F3N2O4S/c1-14(13-30-20-7-4-17(23)12-19(20)24)25-21(27)15-8-10-26(11-9-15)31(28,29)18-5-2-16(22)3-6-18/h2-7,12,14-15H,8-11,13H2,1H3,(H,25,27). The Morgan fingerprint density at radius 3 is 2.32 bits per heavy atom. The minimum absolute atomic E-state index is 0.00785. The molecule has 1 atom stereocenters. The Kier molecular flexibility index (Phi) is 7.22. The Hall–Kier alpha value is -2.59. The molecule has 0 saturated carbocycles. The van der Waals surface area contributed by atoms with Gasteiger partial charge in [0.25, 0.3) is 0 Å². The van der Waals surface area contributed by atoms with E-state index in [1.165, 1.54) is 22.5 Å². The molecule has 0 bridgehead atoms. The van der Waals surface area contributed by atoms with Crippen LogP contribution in [0.3, 0.4) is 0 Å². The van der Waals surface area contributed by atoms with E-state index in [2.05, 4.69) is 5.32 Å². The van der Waals surface area contributed by atoms with E-state index in [1.807, 2.05) is 0 Å². The lowest BCUT2D eigenvalue weighted by Crippen LogP contribution is -2.45. The highest BCUT2D eigenvalue weighted by atomic mass is 32.2. The molecule has 1 saturated heterocycles. The van der Waals surface area contributed by atoms with Crippen molar-refractivity contribution in [2.75, 3.05) is 19.7 Å². The van der Waals surface area contributed by atoms with Crippen LogP contribution < -0.4 is 10.1 Å². The largest absolute Gasteiger partial charge is 0.488 e. The summed E-state index contributed by atoms with van der Waals surface area (Å²) in [6, 6.07) is 7.16. The van der Waals surface area contributed by atoms with Crippen molar-refractivity contribution in [3.63, 3.8) is 0 Å². The van der Waals surface area contributed by atoms with Crippen LogP contribution in [-0.4, -0.2) is 44.4 Å². The third kappa shape index (κ3) is 5.76. The van der Waals surface area contributed by atoms with Crippen LogP contribution in [0, 0.1) is 23.4 Å². The molecule has 1 unspecified atom stereocenters. The number of piperidine rings is 1. The van der Waals surface area contributed by atoms with Crippen molar-refractivity contribution in [2.45, 2.75) is 30.7 Å². The topological polar surface area (TPSA) is 75.7 Å². The Morgan fingerprint density at radius 2 is 1.71 bits per heavy atom. The Morgan fingerprint density at radius 1 is 1.10 bits per heavy atom. The number of carbonyl (C=O) groups is 1. The molecule has 168 valence electrons. The Balaban J connectivity index is 1.48. The normalized spacial score (nSPS) is 16.6. The lowest BCUT2D eigenvalue weighted by molar-refractivity contribution is -0.126. The third-order valence-corrected chi connectivity index (χ3v) is 6.96. The lowest BCUT2D eigenvalue weighted by Gasteiger charge is -2.31. The van der Waals surface area contributed by atoms with Gasteiger partial charge < -0.3 is 10.1 Å². The number of hydrogen-bond acceptors (Lipinski definition) is 4. The molecule has 0 aromatic heterocycles. The van der Waals surface area contributed by atoms with Crippen LogP contribution in [-0.2, 0) is 14.8 Å². The Labute approximate surface area is 179 Å². The number of rotatable bonds is 7. The van der Waals surface area contributed by atoms with Gasteiger partial charge >= 0.3 is 0 Å². The SMILES string of the molecule is CC(COc1ccc(F)cc1F)NC(=O)C1CCN(S(=O)(=O)c2ccc(F)cc2)CC1. The number of nitrogens with zero attached hydrogens (tertiary/aromatic N) is 1. The smallest absolute Gasteiger partial charge is 0.243 e. The summed E-state index contributed by atoms with van der Waals surface area (Å²) < 4.78 is 71.5. The molecule has 0 aliphatic carbocycles. The van der Waals surface area contributed by atoms with Crippen LogP contribution in [0.25, 0.3) is 0 Å². The van der Waals surface area contributed by atoms with Gasteiger partial charge in [0, 0.05) is 25.1 Å². The summed E-state index contributed by atoms with van der Waals surface area (Å²) in [5, 5.41) is 2.77. The predicted octanol–water partition coefficient (Wildman–Crippen LogP) is 3.09. The van der Waals surface area contributed by atoms with E-state index >= 15 is 0 Å². The second-order valence-electron chi connectivity index (χ2n) is 7.43. The fourth-order valence-corrected chi connectivity index (χ4v) is 4.79. The van der Waals surface area contributed by atoms with Gasteiger partial charge in [0.05, 0.1) is 10.9 Å². The summed E-state index contributed by atoms with van der Waals surface area (Å²) in [5.41, 5.74) is 0. The molecule has 1 fully saturated rings. The minimum Gasteiger partial charge on any atom is -0.488 e. The van der Waals surface area contributed by atoms with E-state index in [9.17, 15) is 26.4 Å². The van der Waals surface area contributed by atoms with Crippen LogP contribution in [0.1, 0.15) is 19.8 Å². The van der Waals surface area contributed by atoms with Crippen molar-refractivity contribution < 1.29 is 31.1 Å². The van der Waals surface area contributed by atoms with Crippen LogP contribution in [0.2, 0.25) is 0 Å². The number of benzene rings is 2. The first kappa shape index (κ1) is 23.1. The number of hydrogen-bond donors (Lipinski definition) is 1. The van der Waals surface area contributed by atoms with Crippen molar-refractivity contribution in [3.05, 3.63) is 59.9 Å². The average Bonchev–Trinajstić information content (AvgIpc) is 2.73. The molecule has 1 aliphatic rings. The third-order valence-electron chi connectivity index (χ3n) is 5.05. The maximum Gasteiger partial charge on any atom is 0.243 e. The average molecular weight is 456 g/mol. The molecular weight excluding hydrogens is 433 g/mol. The molecule has 10 heteroatoms. The summed E-state index contributed by atoms with van der Waals surface area (Å²) in [7, 11) is -3.74. The second-order valence-corrected chi connectivity index (χ2v) is 9.37. The number of nitrogens with one attached hydrogen (secondary N) is 1. The molecule has 0 radical (unpaired) electrons. The van der Waals surface area contributed by atoms with Gasteiger partial charge in [-0.05, 0) is 56.2 Å². The first-order chi connectivity index (χ1) is 14.7. The van der Waals surface area contributed by atoms with Crippen molar-refractivity contribution in [1.82, 2.24) is 9.62 Å². The van der Waals surface area contributed by atoms with Gasteiger partial charge in [0.1, 0.15) is 18.2 Å². The fourth-order valence-electron chi connectivity index (χ4n) is 3.32. The van der Waals surface area contributed by atoms with Gasteiger partial charge in [-0.15, -0.1) is 0 Å². The summed E-state index contributed by atoms with van der Waals surface area (Å²) in [6.45, 7) is 2.02. The molecule has 0 spiro atoms. The van der Waals surface area contributed by atoms with Crippen LogP contribution >= 0.6 is 0 Å². The fraction of sp³-hybridized carbons (Fsp3) is 0.381. The predicted molar refractivity (Wildman–Crippen MR) is 107 cm³/mol. The molecule has 6 nitrogen and oxygen atoms in total. The Bertz CT molecular complexity index is 1020.